The van der Waals surface area contributed by atoms with E-state index in [4.69, 9.17) is 9.84 Å². The highest BCUT2D eigenvalue weighted by Crippen LogP contribution is 2.16. The van der Waals surface area contributed by atoms with Gasteiger partial charge < -0.3 is 14.4 Å². The largest absolute Gasteiger partial charge is 0.744 e. The Bertz CT molecular complexity index is 464. The number of benzene rings is 1. The van der Waals surface area contributed by atoms with Crippen LogP contribution in [-0.2, 0) is 14.9 Å². The van der Waals surface area contributed by atoms with Gasteiger partial charge in [0.1, 0.15) is 15.9 Å². The molecule has 0 aliphatic carbocycles. The van der Waals surface area contributed by atoms with Gasteiger partial charge in [-0.05, 0) is 18.2 Å². The van der Waals surface area contributed by atoms with Crippen LogP contribution in [0.15, 0.2) is 29.2 Å². The number of carbonyl (C=O) groups is 1. The van der Waals surface area contributed by atoms with Gasteiger partial charge in [-0.1, -0.05) is 6.07 Å². The van der Waals surface area contributed by atoms with E-state index in [9.17, 15) is 17.8 Å². The summed E-state index contributed by atoms with van der Waals surface area (Å²) < 4.78 is 36.5. The zero-order valence-corrected chi connectivity index (χ0v) is 8.23. The second kappa shape index (κ2) is 4.28. The quantitative estimate of drug-likeness (QED) is 0.734. The standard InChI is InChI=1S/C8H8O6S/c9-8(10)5-14-6-2-1-3-7(4-6)15(11,12)13/h1-4H,5H2,(H,9,10)(H,11,12,13)/p-1. The van der Waals surface area contributed by atoms with Crippen molar-refractivity contribution in [2.45, 2.75) is 4.90 Å². The summed E-state index contributed by atoms with van der Waals surface area (Å²) in [6.45, 7) is -0.595. The Labute approximate surface area is 85.9 Å². The van der Waals surface area contributed by atoms with Gasteiger partial charge in [0, 0.05) is 0 Å². The predicted molar refractivity (Wildman–Crippen MR) is 47.5 cm³/mol. The molecule has 0 atom stereocenters. The molecule has 0 spiro atoms. The van der Waals surface area contributed by atoms with E-state index in [0.29, 0.717) is 0 Å². The van der Waals surface area contributed by atoms with Crippen LogP contribution in [0.2, 0.25) is 0 Å². The van der Waals surface area contributed by atoms with Gasteiger partial charge in [-0.15, -0.1) is 0 Å². The van der Waals surface area contributed by atoms with Gasteiger partial charge in [0.05, 0.1) is 4.90 Å². The van der Waals surface area contributed by atoms with Gasteiger partial charge in [0.25, 0.3) is 0 Å². The van der Waals surface area contributed by atoms with Crippen molar-refractivity contribution in [3.05, 3.63) is 24.3 Å². The van der Waals surface area contributed by atoms with Gasteiger partial charge in [-0.2, -0.15) is 0 Å². The molecule has 1 aromatic rings. The highest BCUT2D eigenvalue weighted by Gasteiger charge is 2.04. The Hall–Kier alpha value is -1.60. The zero-order valence-electron chi connectivity index (χ0n) is 7.41. The van der Waals surface area contributed by atoms with E-state index < -0.39 is 27.6 Å². The lowest BCUT2D eigenvalue weighted by Gasteiger charge is -2.08. The average molecular weight is 231 g/mol. The molecule has 82 valence electrons. The number of carboxylic acids is 1. The molecule has 0 saturated heterocycles. The van der Waals surface area contributed by atoms with Gasteiger partial charge in [0.15, 0.2) is 6.61 Å². The van der Waals surface area contributed by atoms with E-state index in [1.54, 1.807) is 0 Å². The minimum Gasteiger partial charge on any atom is -0.744 e. The molecule has 15 heavy (non-hydrogen) atoms. The van der Waals surface area contributed by atoms with E-state index in [1.165, 1.54) is 12.1 Å². The summed E-state index contributed by atoms with van der Waals surface area (Å²) in [6, 6.07) is 4.74. The monoisotopic (exact) mass is 231 g/mol. The summed E-state index contributed by atoms with van der Waals surface area (Å²) in [6.07, 6.45) is 0. The molecule has 0 aliphatic heterocycles. The fourth-order valence-corrected chi connectivity index (χ4v) is 1.37. The average Bonchev–Trinajstić information content (AvgIpc) is 2.14. The molecule has 1 rings (SSSR count). The summed E-state index contributed by atoms with van der Waals surface area (Å²) >= 11 is 0. The van der Waals surface area contributed by atoms with Crippen LogP contribution >= 0.6 is 0 Å². The van der Waals surface area contributed by atoms with E-state index >= 15 is 0 Å². The second-order valence-electron chi connectivity index (χ2n) is 2.61. The molecule has 7 heteroatoms. The minimum atomic E-state index is -4.54. The van der Waals surface area contributed by atoms with Crippen LogP contribution in [0.1, 0.15) is 0 Å². The van der Waals surface area contributed by atoms with Gasteiger partial charge in [-0.3, -0.25) is 0 Å². The first-order valence-electron chi connectivity index (χ1n) is 3.80. The Kier molecular flexibility index (Phi) is 3.28. The predicted octanol–water partition coefficient (Wildman–Crippen LogP) is 0.0541. The Morgan fingerprint density at radius 3 is 2.67 bits per heavy atom. The molecule has 0 saturated carbocycles. The maximum atomic E-state index is 10.6. The minimum absolute atomic E-state index is 0.0225. The third-order valence-corrected chi connectivity index (χ3v) is 2.29. The topological polar surface area (TPSA) is 104 Å². The third-order valence-electron chi connectivity index (χ3n) is 1.46. The second-order valence-corrected chi connectivity index (χ2v) is 3.99. The van der Waals surface area contributed by atoms with Gasteiger partial charge in [0.2, 0.25) is 0 Å². The first-order valence-corrected chi connectivity index (χ1v) is 5.21. The highest BCUT2D eigenvalue weighted by atomic mass is 32.2. The van der Waals surface area contributed by atoms with Crippen LogP contribution < -0.4 is 4.74 Å². The molecular weight excluding hydrogens is 224 g/mol. The van der Waals surface area contributed by atoms with Crippen LogP contribution in [-0.4, -0.2) is 30.7 Å². The normalized spacial score (nSPS) is 11.0. The number of rotatable bonds is 4. The van der Waals surface area contributed by atoms with Crippen molar-refractivity contribution in [2.24, 2.45) is 0 Å². The van der Waals surface area contributed by atoms with E-state index in [2.05, 4.69) is 0 Å². The lowest BCUT2D eigenvalue weighted by molar-refractivity contribution is -0.139. The van der Waals surface area contributed by atoms with Crippen LogP contribution in [0.4, 0.5) is 0 Å². The summed E-state index contributed by atoms with van der Waals surface area (Å²) in [4.78, 5) is 9.70. The van der Waals surface area contributed by atoms with Crippen molar-refractivity contribution >= 4 is 16.1 Å². The third kappa shape index (κ3) is 3.56. The summed E-state index contributed by atoms with van der Waals surface area (Å²) in [5.41, 5.74) is 0. The lowest BCUT2D eigenvalue weighted by Crippen LogP contribution is -2.09. The molecule has 0 bridgehead atoms. The number of carboxylic acid groups (broad SMARTS) is 1. The number of aliphatic carboxylic acids is 1. The molecule has 0 fully saturated rings. The molecule has 0 heterocycles. The van der Waals surface area contributed by atoms with Crippen molar-refractivity contribution in [3.8, 4) is 5.75 Å². The lowest BCUT2D eigenvalue weighted by atomic mass is 10.3. The van der Waals surface area contributed by atoms with Crippen LogP contribution in [0.5, 0.6) is 5.75 Å². The maximum Gasteiger partial charge on any atom is 0.341 e. The molecule has 0 aliphatic rings. The molecular formula is C8H7O6S-. The highest BCUT2D eigenvalue weighted by molar-refractivity contribution is 7.85. The van der Waals surface area contributed by atoms with Crippen molar-refractivity contribution in [2.75, 3.05) is 6.61 Å². The summed E-state index contributed by atoms with van der Waals surface area (Å²) in [5.74, 6) is -1.17. The van der Waals surface area contributed by atoms with Crippen LogP contribution in [0.25, 0.3) is 0 Å². The van der Waals surface area contributed by atoms with E-state index in [1.807, 2.05) is 0 Å². The van der Waals surface area contributed by atoms with Crippen LogP contribution in [0, 0.1) is 0 Å². The Balaban J connectivity index is 2.89. The van der Waals surface area contributed by atoms with Gasteiger partial charge in [-0.25, -0.2) is 13.2 Å². The SMILES string of the molecule is O=C(O)COc1cccc(S(=O)(=O)[O-])c1. The summed E-state index contributed by atoms with van der Waals surface area (Å²) in [5, 5.41) is 8.30. The first-order chi connectivity index (χ1) is 6.89. The Morgan fingerprint density at radius 2 is 2.13 bits per heavy atom. The maximum absolute atomic E-state index is 10.6. The van der Waals surface area contributed by atoms with Crippen molar-refractivity contribution in [1.82, 2.24) is 0 Å². The zero-order chi connectivity index (χ0) is 11.5. The Morgan fingerprint density at radius 1 is 1.47 bits per heavy atom. The molecule has 0 aromatic heterocycles. The number of ether oxygens (including phenoxy) is 1. The molecule has 6 nitrogen and oxygen atoms in total. The number of hydrogen-bond donors (Lipinski definition) is 1. The molecule has 0 unspecified atom stereocenters. The van der Waals surface area contributed by atoms with Crippen molar-refractivity contribution in [3.63, 3.8) is 0 Å². The molecule has 1 N–H and O–H groups in total. The fourth-order valence-electron chi connectivity index (χ4n) is 0.865. The molecule has 0 radical (unpaired) electrons. The van der Waals surface area contributed by atoms with Crippen molar-refractivity contribution < 1.29 is 27.6 Å². The van der Waals surface area contributed by atoms with E-state index in [0.717, 1.165) is 12.1 Å². The van der Waals surface area contributed by atoms with E-state index in [-0.39, 0.29) is 5.75 Å². The fraction of sp³-hybridized carbons (Fsp3) is 0.125. The summed E-state index contributed by atoms with van der Waals surface area (Å²) in [7, 11) is -4.54. The van der Waals surface area contributed by atoms with Gasteiger partial charge >= 0.3 is 5.97 Å². The van der Waals surface area contributed by atoms with Crippen LogP contribution in [0.3, 0.4) is 0 Å². The number of hydrogen-bond acceptors (Lipinski definition) is 5. The van der Waals surface area contributed by atoms with Crippen molar-refractivity contribution in [1.29, 1.82) is 0 Å². The first kappa shape index (κ1) is 11.5. The molecule has 1 aromatic carbocycles. The smallest absolute Gasteiger partial charge is 0.341 e. The molecule has 0 amide bonds.